The Morgan fingerprint density at radius 2 is 1.59 bits per heavy atom. The van der Waals surface area contributed by atoms with Crippen molar-refractivity contribution in [2.45, 2.75) is 94.2 Å². The van der Waals surface area contributed by atoms with Crippen LogP contribution in [0.2, 0.25) is 0 Å². The van der Waals surface area contributed by atoms with Gasteiger partial charge >= 0.3 is 0 Å². The lowest BCUT2D eigenvalue weighted by Gasteiger charge is -2.75. The standard InChI is InChI=1S/C19H28O3/c20-19-14-7-10-16(19)12-15-6-2-4-9-18(15,22-19)21-17(16)8-3-1-5-13(17)11-14/h13-15,20H,1-12H2/t13-,14-,15-,16+,17+,18+,19-/m1/s1. The van der Waals surface area contributed by atoms with Crippen molar-refractivity contribution in [3.8, 4) is 0 Å². The van der Waals surface area contributed by atoms with Crippen molar-refractivity contribution in [3.05, 3.63) is 0 Å². The van der Waals surface area contributed by atoms with Gasteiger partial charge in [-0.1, -0.05) is 19.3 Å². The molecule has 7 atom stereocenters. The minimum atomic E-state index is -0.868. The predicted molar refractivity (Wildman–Crippen MR) is 80.9 cm³/mol. The summed E-state index contributed by atoms with van der Waals surface area (Å²) in [5.74, 6) is 0.275. The summed E-state index contributed by atoms with van der Waals surface area (Å²) in [4.78, 5) is 0. The van der Waals surface area contributed by atoms with Gasteiger partial charge in [0.15, 0.2) is 11.6 Å². The van der Waals surface area contributed by atoms with Gasteiger partial charge in [-0.2, -0.15) is 0 Å². The molecule has 3 saturated heterocycles. The van der Waals surface area contributed by atoms with Crippen LogP contribution < -0.4 is 0 Å². The molecular weight excluding hydrogens is 276 g/mol. The van der Waals surface area contributed by atoms with Gasteiger partial charge < -0.3 is 14.6 Å². The lowest BCUT2D eigenvalue weighted by molar-refractivity contribution is -0.548. The molecule has 3 heteroatoms. The normalized spacial score (nSPS) is 65.0. The number of aliphatic hydroxyl groups is 1. The van der Waals surface area contributed by atoms with E-state index in [9.17, 15) is 5.11 Å². The molecule has 3 nitrogen and oxygen atoms in total. The maximum Gasteiger partial charge on any atom is 0.180 e. The number of ether oxygens (including phenoxy) is 2. The van der Waals surface area contributed by atoms with E-state index in [0.29, 0.717) is 17.8 Å². The van der Waals surface area contributed by atoms with Crippen LogP contribution >= 0.6 is 0 Å². The molecule has 7 aliphatic rings. The molecule has 5 bridgehead atoms. The van der Waals surface area contributed by atoms with E-state index in [4.69, 9.17) is 9.47 Å². The van der Waals surface area contributed by atoms with Crippen molar-refractivity contribution >= 4 is 0 Å². The molecule has 0 aromatic rings. The first kappa shape index (κ1) is 13.2. The first-order chi connectivity index (χ1) is 10.6. The second kappa shape index (κ2) is 3.75. The molecule has 4 aliphatic carbocycles. The summed E-state index contributed by atoms with van der Waals surface area (Å²) in [6.07, 6.45) is 14.5. The van der Waals surface area contributed by atoms with Crippen LogP contribution in [0.1, 0.15) is 77.0 Å². The van der Waals surface area contributed by atoms with E-state index in [1.807, 2.05) is 0 Å². The highest BCUT2D eigenvalue weighted by molar-refractivity contribution is 5.27. The van der Waals surface area contributed by atoms with Crippen LogP contribution in [0.4, 0.5) is 0 Å². The Morgan fingerprint density at radius 3 is 2.50 bits per heavy atom. The molecule has 0 aromatic heterocycles. The SMILES string of the molecule is O[C@]12O[C@@]34CCCC[C@@H]3C[C@]13CC[C@@H]2C[C@H]1CCCC[C@]13O4. The first-order valence-corrected chi connectivity index (χ1v) is 9.77. The molecule has 7 rings (SSSR count). The molecule has 0 radical (unpaired) electrons. The average Bonchev–Trinajstić information content (AvgIpc) is 2.70. The van der Waals surface area contributed by atoms with Crippen LogP contribution in [-0.4, -0.2) is 22.3 Å². The number of hydrogen-bond acceptors (Lipinski definition) is 3. The van der Waals surface area contributed by atoms with Crippen LogP contribution in [0.5, 0.6) is 0 Å². The van der Waals surface area contributed by atoms with Crippen LogP contribution in [-0.2, 0) is 9.47 Å². The molecule has 7 fully saturated rings. The first-order valence-electron chi connectivity index (χ1n) is 9.77. The topological polar surface area (TPSA) is 38.7 Å². The Hall–Kier alpha value is -0.120. The maximum atomic E-state index is 11.7. The summed E-state index contributed by atoms with van der Waals surface area (Å²) in [5, 5.41) is 11.7. The predicted octanol–water partition coefficient (Wildman–Crippen LogP) is 3.74. The molecule has 3 spiro atoms. The zero-order valence-electron chi connectivity index (χ0n) is 13.5. The van der Waals surface area contributed by atoms with Gasteiger partial charge in [0.1, 0.15) is 0 Å². The lowest BCUT2D eigenvalue weighted by Crippen LogP contribution is -2.82. The highest BCUT2D eigenvalue weighted by atomic mass is 16.8. The van der Waals surface area contributed by atoms with Gasteiger partial charge in [-0.25, -0.2) is 0 Å². The van der Waals surface area contributed by atoms with Crippen molar-refractivity contribution in [1.29, 1.82) is 0 Å². The number of hydrogen-bond donors (Lipinski definition) is 1. The molecule has 4 saturated carbocycles. The summed E-state index contributed by atoms with van der Waals surface area (Å²) in [5.41, 5.74) is -0.142. The van der Waals surface area contributed by atoms with Gasteiger partial charge in [-0.15, -0.1) is 0 Å². The van der Waals surface area contributed by atoms with Crippen molar-refractivity contribution in [2.75, 3.05) is 0 Å². The van der Waals surface area contributed by atoms with Gasteiger partial charge in [0.25, 0.3) is 0 Å². The van der Waals surface area contributed by atoms with Crippen LogP contribution in [0.3, 0.4) is 0 Å². The van der Waals surface area contributed by atoms with Gasteiger partial charge in [0, 0.05) is 18.3 Å². The molecule has 3 aliphatic heterocycles. The molecule has 0 unspecified atom stereocenters. The Kier molecular flexibility index (Phi) is 2.25. The van der Waals surface area contributed by atoms with Crippen molar-refractivity contribution in [2.24, 2.45) is 23.2 Å². The summed E-state index contributed by atoms with van der Waals surface area (Å²) in [7, 11) is 0. The van der Waals surface area contributed by atoms with Crippen LogP contribution in [0.25, 0.3) is 0 Å². The quantitative estimate of drug-likeness (QED) is 0.741. The van der Waals surface area contributed by atoms with E-state index < -0.39 is 11.6 Å². The molecule has 0 amide bonds. The van der Waals surface area contributed by atoms with Gasteiger partial charge in [-0.05, 0) is 57.3 Å². The summed E-state index contributed by atoms with van der Waals surface area (Å²) in [6, 6.07) is 0. The summed E-state index contributed by atoms with van der Waals surface area (Å²) < 4.78 is 13.6. The Labute approximate surface area is 132 Å². The fourth-order valence-electron chi connectivity index (χ4n) is 8.04. The average molecular weight is 304 g/mol. The summed E-state index contributed by atoms with van der Waals surface area (Å²) >= 11 is 0. The highest BCUT2D eigenvalue weighted by Gasteiger charge is 2.84. The van der Waals surface area contributed by atoms with E-state index in [0.717, 1.165) is 25.7 Å². The minimum absolute atomic E-state index is 0.0565. The monoisotopic (exact) mass is 304 g/mol. The third-order valence-corrected chi connectivity index (χ3v) is 8.78. The summed E-state index contributed by atoms with van der Waals surface area (Å²) in [6.45, 7) is 0. The number of rotatable bonds is 0. The van der Waals surface area contributed by atoms with Crippen molar-refractivity contribution < 1.29 is 14.6 Å². The second-order valence-electron chi connectivity index (χ2n) is 9.24. The zero-order chi connectivity index (χ0) is 14.6. The maximum absolute atomic E-state index is 11.7. The van der Waals surface area contributed by atoms with E-state index in [2.05, 4.69) is 0 Å². The van der Waals surface area contributed by atoms with E-state index in [-0.39, 0.29) is 11.0 Å². The van der Waals surface area contributed by atoms with Crippen LogP contribution in [0, 0.1) is 23.2 Å². The Morgan fingerprint density at radius 1 is 0.773 bits per heavy atom. The van der Waals surface area contributed by atoms with E-state index in [1.54, 1.807) is 0 Å². The molecule has 22 heavy (non-hydrogen) atoms. The third kappa shape index (κ3) is 1.14. The molecule has 3 heterocycles. The lowest BCUT2D eigenvalue weighted by atomic mass is 9.46. The van der Waals surface area contributed by atoms with Crippen molar-refractivity contribution in [3.63, 3.8) is 0 Å². The Balaban J connectivity index is 1.58. The smallest absolute Gasteiger partial charge is 0.180 e. The van der Waals surface area contributed by atoms with E-state index >= 15 is 0 Å². The minimum Gasteiger partial charge on any atom is -0.365 e. The Bertz CT molecular complexity index is 535. The second-order valence-corrected chi connectivity index (χ2v) is 9.24. The van der Waals surface area contributed by atoms with Crippen molar-refractivity contribution in [1.82, 2.24) is 0 Å². The fraction of sp³-hybridized carbons (Fsp3) is 1.00. The van der Waals surface area contributed by atoms with Gasteiger partial charge in [0.2, 0.25) is 0 Å². The highest BCUT2D eigenvalue weighted by Crippen LogP contribution is 2.78. The fourth-order valence-corrected chi connectivity index (χ4v) is 8.04. The van der Waals surface area contributed by atoms with E-state index in [1.165, 1.54) is 51.4 Å². The van der Waals surface area contributed by atoms with Gasteiger partial charge in [0.05, 0.1) is 11.0 Å². The van der Waals surface area contributed by atoms with Gasteiger partial charge in [-0.3, -0.25) is 0 Å². The zero-order valence-corrected chi connectivity index (χ0v) is 13.5. The molecular formula is C19H28O3. The third-order valence-electron chi connectivity index (χ3n) is 8.78. The molecule has 1 N–H and O–H groups in total. The largest absolute Gasteiger partial charge is 0.365 e. The van der Waals surface area contributed by atoms with Crippen LogP contribution in [0.15, 0.2) is 0 Å². The molecule has 122 valence electrons. The molecule has 0 aromatic carbocycles.